The van der Waals surface area contributed by atoms with Crippen molar-refractivity contribution < 1.29 is 19.5 Å². The summed E-state index contributed by atoms with van der Waals surface area (Å²) in [7, 11) is 0. The summed E-state index contributed by atoms with van der Waals surface area (Å²) >= 11 is 0. The van der Waals surface area contributed by atoms with E-state index < -0.39 is 11.4 Å². The molecule has 0 heterocycles. The molecule has 0 aliphatic heterocycles. The molecule has 0 unspecified atom stereocenters. The number of nitrogens with two attached hydrogens (primary N) is 1. The highest BCUT2D eigenvalue weighted by molar-refractivity contribution is 5.78. The van der Waals surface area contributed by atoms with Crippen LogP contribution in [0.2, 0.25) is 0 Å². The zero-order valence-corrected chi connectivity index (χ0v) is 12.3. The number of carbonyl (C=O) groups excluding carboxylic acids is 2. The van der Waals surface area contributed by atoms with E-state index >= 15 is 0 Å². The first-order valence-corrected chi connectivity index (χ1v) is 7.50. The molecule has 1 saturated carbocycles. The Kier molecular flexibility index (Phi) is 6.98. The van der Waals surface area contributed by atoms with Gasteiger partial charge in [0.1, 0.15) is 0 Å². The zero-order valence-electron chi connectivity index (χ0n) is 12.3. The number of hydrogen-bond donors (Lipinski definition) is 4. The number of unbranched alkanes of at least 4 members (excludes halogenated alkanes) is 1. The van der Waals surface area contributed by atoms with Crippen LogP contribution in [0.4, 0.5) is 4.79 Å². The normalized spacial score (nSPS) is 17.0. The van der Waals surface area contributed by atoms with E-state index in [0.717, 1.165) is 19.3 Å². The van der Waals surface area contributed by atoms with E-state index in [0.29, 0.717) is 38.6 Å². The minimum atomic E-state index is -0.830. The Labute approximate surface area is 124 Å². The topological polar surface area (TPSA) is 122 Å². The van der Waals surface area contributed by atoms with Gasteiger partial charge in [0.15, 0.2) is 0 Å². The fourth-order valence-corrected chi connectivity index (χ4v) is 2.63. The molecule has 0 aromatic heterocycles. The summed E-state index contributed by atoms with van der Waals surface area (Å²) in [5.41, 5.74) is 4.20. The highest BCUT2D eigenvalue weighted by Crippen LogP contribution is 2.35. The van der Waals surface area contributed by atoms with E-state index in [1.54, 1.807) is 0 Å². The number of aliphatic carboxylic acids is 1. The van der Waals surface area contributed by atoms with E-state index in [1.807, 2.05) is 0 Å². The smallest absolute Gasteiger partial charge is 0.314 e. The van der Waals surface area contributed by atoms with Gasteiger partial charge in [-0.3, -0.25) is 9.59 Å². The van der Waals surface area contributed by atoms with Crippen LogP contribution in [0.15, 0.2) is 0 Å². The summed E-state index contributed by atoms with van der Waals surface area (Å²) in [6, 6.07) is -0.361. The van der Waals surface area contributed by atoms with Crippen LogP contribution in [0.5, 0.6) is 0 Å². The van der Waals surface area contributed by atoms with Crippen LogP contribution in [0.25, 0.3) is 0 Å². The minimum Gasteiger partial charge on any atom is -0.481 e. The summed E-state index contributed by atoms with van der Waals surface area (Å²) in [4.78, 5) is 33.6. The molecule has 0 radical (unpaired) electrons. The van der Waals surface area contributed by atoms with Crippen LogP contribution in [0.3, 0.4) is 0 Å². The number of carbonyl (C=O) groups is 3. The summed E-state index contributed by atoms with van der Waals surface area (Å²) in [6.07, 6.45) is 5.68. The molecule has 1 aliphatic carbocycles. The summed E-state index contributed by atoms with van der Waals surface area (Å²) in [5.74, 6) is -1.18. The zero-order chi connectivity index (χ0) is 15.7. The van der Waals surface area contributed by atoms with E-state index in [4.69, 9.17) is 5.73 Å². The van der Waals surface area contributed by atoms with Gasteiger partial charge in [0.2, 0.25) is 5.91 Å². The molecule has 7 nitrogen and oxygen atoms in total. The first kappa shape index (κ1) is 17.3. The first-order chi connectivity index (χ1) is 9.96. The Hall–Kier alpha value is -1.79. The van der Waals surface area contributed by atoms with Crippen molar-refractivity contribution in [3.63, 3.8) is 0 Å². The molecule has 1 aliphatic rings. The third-order valence-corrected chi connectivity index (χ3v) is 3.99. The average Bonchev–Trinajstić information content (AvgIpc) is 2.45. The Balaban J connectivity index is 2.24. The van der Waals surface area contributed by atoms with Gasteiger partial charge in [-0.05, 0) is 25.7 Å². The van der Waals surface area contributed by atoms with Gasteiger partial charge in [-0.15, -0.1) is 0 Å². The summed E-state index contributed by atoms with van der Waals surface area (Å²) in [6.45, 7) is 0.606. The minimum absolute atomic E-state index is 0.162. The van der Waals surface area contributed by atoms with Crippen molar-refractivity contribution in [2.75, 3.05) is 13.1 Å². The molecular weight excluding hydrogens is 274 g/mol. The predicted molar refractivity (Wildman–Crippen MR) is 77.6 cm³/mol. The van der Waals surface area contributed by atoms with Gasteiger partial charge in [-0.2, -0.15) is 0 Å². The lowest BCUT2D eigenvalue weighted by Gasteiger charge is -2.33. The molecule has 1 rings (SSSR count). The number of carboxylic acid groups (broad SMARTS) is 1. The molecule has 3 amide bonds. The van der Waals surface area contributed by atoms with Gasteiger partial charge in [-0.1, -0.05) is 19.3 Å². The van der Waals surface area contributed by atoms with Gasteiger partial charge < -0.3 is 21.5 Å². The fourth-order valence-electron chi connectivity index (χ4n) is 2.63. The maximum absolute atomic E-state index is 11.6. The number of carboxylic acids is 1. The maximum Gasteiger partial charge on any atom is 0.314 e. The molecule has 7 heteroatoms. The lowest BCUT2D eigenvalue weighted by molar-refractivity contribution is -0.150. The standard InChI is InChI=1S/C14H25N3O4/c15-11(18)6-2-5-9-16-13(21)17-10-14(12(19)20)7-3-1-4-8-14/h1-10H2,(H2,15,18)(H,19,20)(H2,16,17,21). The third kappa shape index (κ3) is 6.01. The molecule has 0 spiro atoms. The largest absolute Gasteiger partial charge is 0.481 e. The monoisotopic (exact) mass is 299 g/mol. The van der Waals surface area contributed by atoms with Crippen LogP contribution in [0.1, 0.15) is 51.4 Å². The van der Waals surface area contributed by atoms with Gasteiger partial charge in [0.25, 0.3) is 0 Å². The molecule has 0 aromatic rings. The highest BCUT2D eigenvalue weighted by Gasteiger charge is 2.39. The number of rotatable bonds is 8. The van der Waals surface area contributed by atoms with Gasteiger partial charge in [-0.25, -0.2) is 4.79 Å². The van der Waals surface area contributed by atoms with Crippen molar-refractivity contribution in [1.29, 1.82) is 0 Å². The second-order valence-corrected chi connectivity index (χ2v) is 5.68. The Morgan fingerprint density at radius 2 is 1.71 bits per heavy atom. The molecule has 0 aromatic carbocycles. The second-order valence-electron chi connectivity index (χ2n) is 5.68. The number of nitrogens with one attached hydrogen (secondary N) is 2. The van der Waals surface area contributed by atoms with E-state index in [9.17, 15) is 19.5 Å². The molecule has 0 bridgehead atoms. The van der Waals surface area contributed by atoms with Crippen molar-refractivity contribution >= 4 is 17.9 Å². The summed E-state index contributed by atoms with van der Waals surface area (Å²) < 4.78 is 0. The van der Waals surface area contributed by atoms with Crippen molar-refractivity contribution in [2.45, 2.75) is 51.4 Å². The number of hydrogen-bond acceptors (Lipinski definition) is 3. The predicted octanol–water partition coefficient (Wildman–Crippen LogP) is 0.976. The van der Waals surface area contributed by atoms with Crippen molar-refractivity contribution in [3.8, 4) is 0 Å². The van der Waals surface area contributed by atoms with Gasteiger partial charge >= 0.3 is 12.0 Å². The van der Waals surface area contributed by atoms with Crippen molar-refractivity contribution in [2.24, 2.45) is 11.1 Å². The van der Waals surface area contributed by atoms with Crippen LogP contribution in [0, 0.1) is 5.41 Å². The van der Waals surface area contributed by atoms with Gasteiger partial charge in [0.05, 0.1) is 5.41 Å². The average molecular weight is 299 g/mol. The molecule has 0 saturated heterocycles. The Bertz CT molecular complexity index is 378. The summed E-state index contributed by atoms with van der Waals surface area (Å²) in [5, 5.41) is 14.7. The lowest BCUT2D eigenvalue weighted by atomic mass is 9.74. The SMILES string of the molecule is NC(=O)CCCCNC(=O)NCC1(C(=O)O)CCCCC1. The highest BCUT2D eigenvalue weighted by atomic mass is 16.4. The fraction of sp³-hybridized carbons (Fsp3) is 0.786. The van der Waals surface area contributed by atoms with Crippen molar-refractivity contribution in [3.05, 3.63) is 0 Å². The van der Waals surface area contributed by atoms with Crippen LogP contribution >= 0.6 is 0 Å². The van der Waals surface area contributed by atoms with Crippen LogP contribution < -0.4 is 16.4 Å². The third-order valence-electron chi connectivity index (χ3n) is 3.99. The first-order valence-electron chi connectivity index (χ1n) is 7.50. The molecule has 21 heavy (non-hydrogen) atoms. The van der Waals surface area contributed by atoms with Crippen molar-refractivity contribution in [1.82, 2.24) is 10.6 Å². The maximum atomic E-state index is 11.6. The van der Waals surface area contributed by atoms with E-state index in [-0.39, 0.29) is 18.5 Å². The number of urea groups is 1. The lowest BCUT2D eigenvalue weighted by Crippen LogP contribution is -2.47. The van der Waals surface area contributed by atoms with Crippen LogP contribution in [-0.4, -0.2) is 36.1 Å². The number of primary amides is 1. The molecular formula is C14H25N3O4. The second kappa shape index (κ2) is 8.49. The Morgan fingerprint density at radius 3 is 2.29 bits per heavy atom. The molecule has 0 atom stereocenters. The molecule has 120 valence electrons. The van der Waals surface area contributed by atoms with E-state index in [1.165, 1.54) is 0 Å². The molecule has 1 fully saturated rings. The van der Waals surface area contributed by atoms with E-state index in [2.05, 4.69) is 10.6 Å². The Morgan fingerprint density at radius 1 is 1.05 bits per heavy atom. The van der Waals surface area contributed by atoms with Crippen LogP contribution in [-0.2, 0) is 9.59 Å². The quantitative estimate of drug-likeness (QED) is 0.499. The number of amides is 3. The molecule has 5 N–H and O–H groups in total. The van der Waals surface area contributed by atoms with Gasteiger partial charge in [0, 0.05) is 19.5 Å².